The zero-order chi connectivity index (χ0) is 12.8. The van der Waals surface area contributed by atoms with Gasteiger partial charge in [0.1, 0.15) is 5.57 Å². The summed E-state index contributed by atoms with van der Waals surface area (Å²) in [5.74, 6) is -3.11. The number of carbonyl (C=O) groups excluding carboxylic acids is 2. The molecule has 0 saturated carbocycles. The second-order valence-electron chi connectivity index (χ2n) is 3.09. The Morgan fingerprint density at radius 1 is 1.18 bits per heavy atom. The van der Waals surface area contributed by atoms with Gasteiger partial charge in [-0.1, -0.05) is 30.3 Å². The van der Waals surface area contributed by atoms with E-state index in [0.29, 0.717) is 5.56 Å². The summed E-state index contributed by atoms with van der Waals surface area (Å²) in [6.07, 6.45) is 0.753. The molecule has 0 fully saturated rings. The van der Waals surface area contributed by atoms with E-state index in [0.717, 1.165) is 13.2 Å². The minimum atomic E-state index is -1.50. The van der Waals surface area contributed by atoms with Crippen molar-refractivity contribution in [3.8, 4) is 0 Å². The van der Waals surface area contributed by atoms with Crippen molar-refractivity contribution in [3.63, 3.8) is 0 Å². The maximum atomic E-state index is 11.6. The van der Waals surface area contributed by atoms with Crippen LogP contribution in [0.5, 0.6) is 0 Å². The number of ether oxygens (including phenoxy) is 1. The maximum absolute atomic E-state index is 11.6. The lowest BCUT2D eigenvalue weighted by molar-refractivity contribution is -0.142. The number of carboxylic acid groups (broad SMARTS) is 1. The zero-order valence-corrected chi connectivity index (χ0v) is 9.04. The molecule has 0 aromatic heterocycles. The van der Waals surface area contributed by atoms with Crippen molar-refractivity contribution in [1.29, 1.82) is 0 Å². The molecule has 1 rings (SSSR count). The van der Waals surface area contributed by atoms with Crippen molar-refractivity contribution in [2.24, 2.45) is 0 Å². The van der Waals surface area contributed by atoms with Crippen LogP contribution in [-0.4, -0.2) is 29.9 Å². The van der Waals surface area contributed by atoms with Crippen molar-refractivity contribution in [2.75, 3.05) is 7.11 Å². The zero-order valence-electron chi connectivity index (χ0n) is 9.04. The Balaban J connectivity index is 3.04. The van der Waals surface area contributed by atoms with Crippen molar-refractivity contribution in [2.45, 2.75) is 0 Å². The van der Waals surface area contributed by atoms with Crippen molar-refractivity contribution in [3.05, 3.63) is 47.5 Å². The van der Waals surface area contributed by atoms with Crippen LogP contribution in [-0.2, 0) is 14.3 Å². The number of allylic oxidation sites excluding steroid dienone is 1. The average molecular weight is 234 g/mol. The molecule has 0 saturated heterocycles. The molecule has 5 heteroatoms. The Morgan fingerprint density at radius 3 is 2.24 bits per heavy atom. The Morgan fingerprint density at radius 2 is 1.76 bits per heavy atom. The number of hydrogen-bond acceptors (Lipinski definition) is 4. The molecule has 0 amide bonds. The standard InChI is InChI=1S/C12H10O5/c1-17-12(16)9(11(14)15)7-10(13)8-5-3-2-4-6-8/h2-7H,1H3,(H,14,15). The summed E-state index contributed by atoms with van der Waals surface area (Å²) < 4.78 is 4.27. The number of rotatable bonds is 4. The van der Waals surface area contributed by atoms with Gasteiger partial charge in [0.15, 0.2) is 5.78 Å². The largest absolute Gasteiger partial charge is 0.477 e. The van der Waals surface area contributed by atoms with E-state index in [-0.39, 0.29) is 0 Å². The SMILES string of the molecule is COC(=O)C(=CC(=O)c1ccccc1)C(=O)O. The first-order valence-electron chi connectivity index (χ1n) is 4.69. The first-order chi connectivity index (χ1) is 8.06. The van der Waals surface area contributed by atoms with E-state index in [4.69, 9.17) is 5.11 Å². The molecular formula is C12H10O5. The molecule has 0 atom stereocenters. The number of aliphatic carboxylic acids is 1. The van der Waals surface area contributed by atoms with Gasteiger partial charge in [-0.05, 0) is 0 Å². The van der Waals surface area contributed by atoms with Gasteiger partial charge in [0, 0.05) is 11.6 Å². The number of esters is 1. The number of carbonyl (C=O) groups is 3. The van der Waals surface area contributed by atoms with Gasteiger partial charge in [-0.3, -0.25) is 4.79 Å². The predicted molar refractivity (Wildman–Crippen MR) is 58.5 cm³/mol. The first kappa shape index (κ1) is 12.6. The fraction of sp³-hybridized carbons (Fsp3) is 0.0833. The van der Waals surface area contributed by atoms with Gasteiger partial charge in [0.05, 0.1) is 7.11 Å². The third kappa shape index (κ3) is 3.27. The van der Waals surface area contributed by atoms with Gasteiger partial charge in [0.2, 0.25) is 0 Å². The summed E-state index contributed by atoms with van der Waals surface area (Å²) in [5, 5.41) is 8.75. The molecule has 17 heavy (non-hydrogen) atoms. The first-order valence-corrected chi connectivity index (χ1v) is 4.69. The Bertz CT molecular complexity index is 473. The van der Waals surface area contributed by atoms with Crippen LogP contribution in [0.15, 0.2) is 42.0 Å². The Kier molecular flexibility index (Phi) is 4.16. The lowest BCUT2D eigenvalue weighted by Gasteiger charge is -2.00. The molecular weight excluding hydrogens is 224 g/mol. The van der Waals surface area contributed by atoms with E-state index in [1.165, 1.54) is 12.1 Å². The quantitative estimate of drug-likeness (QED) is 0.277. The van der Waals surface area contributed by atoms with Crippen LogP contribution >= 0.6 is 0 Å². The van der Waals surface area contributed by atoms with E-state index >= 15 is 0 Å². The van der Waals surface area contributed by atoms with Crippen molar-refractivity contribution in [1.82, 2.24) is 0 Å². The van der Waals surface area contributed by atoms with Crippen LogP contribution in [0.3, 0.4) is 0 Å². The van der Waals surface area contributed by atoms with E-state index in [9.17, 15) is 14.4 Å². The van der Waals surface area contributed by atoms with E-state index in [1.807, 2.05) is 0 Å². The lowest BCUT2D eigenvalue weighted by Crippen LogP contribution is -2.15. The van der Waals surface area contributed by atoms with E-state index in [1.54, 1.807) is 18.2 Å². The summed E-state index contributed by atoms with van der Waals surface area (Å²) in [7, 11) is 1.05. The molecule has 0 aliphatic rings. The number of benzene rings is 1. The summed E-state index contributed by atoms with van der Waals surface area (Å²) >= 11 is 0. The second-order valence-corrected chi connectivity index (χ2v) is 3.09. The van der Waals surface area contributed by atoms with Gasteiger partial charge < -0.3 is 9.84 Å². The van der Waals surface area contributed by atoms with E-state index < -0.39 is 23.3 Å². The molecule has 0 radical (unpaired) electrons. The van der Waals surface area contributed by atoms with Crippen LogP contribution in [0, 0.1) is 0 Å². The fourth-order valence-corrected chi connectivity index (χ4v) is 1.13. The molecule has 0 bridgehead atoms. The molecule has 0 unspecified atom stereocenters. The highest BCUT2D eigenvalue weighted by Crippen LogP contribution is 2.05. The molecule has 88 valence electrons. The second kappa shape index (κ2) is 5.60. The molecule has 0 heterocycles. The molecule has 1 aromatic carbocycles. The minimum Gasteiger partial charge on any atom is -0.477 e. The van der Waals surface area contributed by atoms with Gasteiger partial charge in [-0.2, -0.15) is 0 Å². The molecule has 0 aliphatic heterocycles. The maximum Gasteiger partial charge on any atom is 0.345 e. The molecule has 5 nitrogen and oxygen atoms in total. The van der Waals surface area contributed by atoms with Crippen LogP contribution in [0.2, 0.25) is 0 Å². The van der Waals surface area contributed by atoms with Crippen LogP contribution in [0.25, 0.3) is 0 Å². The third-order valence-electron chi connectivity index (χ3n) is 1.97. The van der Waals surface area contributed by atoms with Gasteiger partial charge in [0.25, 0.3) is 0 Å². The van der Waals surface area contributed by atoms with Crippen LogP contribution in [0.1, 0.15) is 10.4 Å². The minimum absolute atomic E-state index is 0.301. The van der Waals surface area contributed by atoms with Crippen molar-refractivity contribution < 1.29 is 24.2 Å². The van der Waals surface area contributed by atoms with Crippen molar-refractivity contribution >= 4 is 17.7 Å². The molecule has 0 aliphatic carbocycles. The topological polar surface area (TPSA) is 80.7 Å². The van der Waals surface area contributed by atoms with E-state index in [2.05, 4.69) is 4.74 Å². The average Bonchev–Trinajstić information content (AvgIpc) is 2.35. The Hall–Kier alpha value is -2.43. The number of carboxylic acids is 1. The highest BCUT2D eigenvalue weighted by atomic mass is 16.5. The highest BCUT2D eigenvalue weighted by Gasteiger charge is 2.19. The summed E-state index contributed by atoms with van der Waals surface area (Å²) in [6, 6.07) is 8.05. The summed E-state index contributed by atoms with van der Waals surface area (Å²) in [5.41, 5.74) is -0.392. The van der Waals surface area contributed by atoms with Gasteiger partial charge in [-0.15, -0.1) is 0 Å². The number of hydrogen-bond donors (Lipinski definition) is 1. The smallest absolute Gasteiger partial charge is 0.345 e. The fourth-order valence-electron chi connectivity index (χ4n) is 1.13. The lowest BCUT2D eigenvalue weighted by atomic mass is 10.1. The number of methoxy groups -OCH3 is 1. The molecule has 0 spiro atoms. The van der Waals surface area contributed by atoms with Crippen LogP contribution < -0.4 is 0 Å². The third-order valence-corrected chi connectivity index (χ3v) is 1.97. The van der Waals surface area contributed by atoms with Crippen LogP contribution in [0.4, 0.5) is 0 Å². The summed E-state index contributed by atoms with van der Waals surface area (Å²) in [6.45, 7) is 0. The predicted octanol–water partition coefficient (Wildman–Crippen LogP) is 1.05. The monoisotopic (exact) mass is 234 g/mol. The van der Waals surface area contributed by atoms with Gasteiger partial charge >= 0.3 is 11.9 Å². The number of ketones is 1. The Labute approximate surface area is 97.3 Å². The summed E-state index contributed by atoms with van der Waals surface area (Å²) in [4.78, 5) is 33.5. The normalized spacial score (nSPS) is 10.8. The molecule has 1 aromatic rings. The van der Waals surface area contributed by atoms with Gasteiger partial charge in [-0.25, -0.2) is 9.59 Å². The highest BCUT2D eigenvalue weighted by molar-refractivity contribution is 6.19. The molecule has 1 N–H and O–H groups in total.